The van der Waals surface area contributed by atoms with Gasteiger partial charge in [0.15, 0.2) is 5.82 Å². The summed E-state index contributed by atoms with van der Waals surface area (Å²) in [4.78, 5) is 23.5. The van der Waals surface area contributed by atoms with Crippen molar-refractivity contribution in [1.82, 2.24) is 34.4 Å². The first kappa shape index (κ1) is 21.9. The van der Waals surface area contributed by atoms with Crippen LogP contribution in [0.1, 0.15) is 17.1 Å². The van der Waals surface area contributed by atoms with E-state index in [-0.39, 0.29) is 11.4 Å². The first-order chi connectivity index (χ1) is 15.2. The summed E-state index contributed by atoms with van der Waals surface area (Å²) in [6.45, 7) is 7.15. The molecule has 0 N–H and O–H groups in total. The average Bonchev–Trinajstić information content (AvgIpc) is 3.11. The molecule has 1 aliphatic rings. The minimum atomic E-state index is -4.50. The van der Waals surface area contributed by atoms with E-state index >= 15 is 0 Å². The standard InChI is InChI=1S/C20H23F3N8O/c1-14-11-15(2)31(26-14)17-3-4-19(32)30(27-17)10-7-28-5-8-29(9-6-28)18-12-16(20(21,22)23)24-13-25-18/h3-4,11-13H,5-10H2,1-2H3. The van der Waals surface area contributed by atoms with Crippen LogP contribution in [0.15, 0.2) is 35.4 Å². The molecule has 0 bridgehead atoms. The number of aromatic nitrogens is 6. The van der Waals surface area contributed by atoms with Crippen molar-refractivity contribution in [3.05, 3.63) is 58.0 Å². The molecule has 0 amide bonds. The molecule has 9 nitrogen and oxygen atoms in total. The highest BCUT2D eigenvalue weighted by atomic mass is 19.4. The molecule has 1 fully saturated rings. The molecule has 1 aliphatic heterocycles. The fourth-order valence-electron chi connectivity index (χ4n) is 3.68. The van der Waals surface area contributed by atoms with Gasteiger partial charge >= 0.3 is 6.18 Å². The van der Waals surface area contributed by atoms with E-state index < -0.39 is 11.9 Å². The van der Waals surface area contributed by atoms with Crippen LogP contribution in [0.4, 0.5) is 19.0 Å². The second-order valence-corrected chi connectivity index (χ2v) is 7.68. The molecule has 0 unspecified atom stereocenters. The van der Waals surface area contributed by atoms with Crippen molar-refractivity contribution in [2.75, 3.05) is 37.6 Å². The van der Waals surface area contributed by atoms with Gasteiger partial charge in [0.05, 0.1) is 12.2 Å². The van der Waals surface area contributed by atoms with E-state index in [0.29, 0.717) is 45.1 Å². The number of nitrogens with zero attached hydrogens (tertiary/aromatic N) is 8. The van der Waals surface area contributed by atoms with Gasteiger partial charge in [-0.3, -0.25) is 9.69 Å². The van der Waals surface area contributed by atoms with Gasteiger partial charge in [0, 0.05) is 50.6 Å². The zero-order chi connectivity index (χ0) is 22.9. The van der Waals surface area contributed by atoms with Crippen LogP contribution in [-0.2, 0) is 12.7 Å². The third-order valence-corrected chi connectivity index (χ3v) is 5.35. The summed E-state index contributed by atoms with van der Waals surface area (Å²) in [5.74, 6) is 0.840. The summed E-state index contributed by atoms with van der Waals surface area (Å²) in [7, 11) is 0. The Morgan fingerprint density at radius 1 is 0.938 bits per heavy atom. The van der Waals surface area contributed by atoms with Gasteiger partial charge in [0.1, 0.15) is 17.8 Å². The second kappa shape index (κ2) is 8.69. The van der Waals surface area contributed by atoms with Crippen LogP contribution < -0.4 is 10.5 Å². The highest BCUT2D eigenvalue weighted by molar-refractivity contribution is 5.40. The van der Waals surface area contributed by atoms with Gasteiger partial charge in [-0.15, -0.1) is 5.10 Å². The van der Waals surface area contributed by atoms with Gasteiger partial charge in [0.25, 0.3) is 5.56 Å². The molecule has 4 rings (SSSR count). The summed E-state index contributed by atoms with van der Waals surface area (Å²) in [5.41, 5.74) is 0.646. The van der Waals surface area contributed by atoms with E-state index in [0.717, 1.165) is 23.8 Å². The minimum absolute atomic E-state index is 0.199. The molecular formula is C20H23F3N8O. The maximum absolute atomic E-state index is 12.9. The summed E-state index contributed by atoms with van der Waals surface area (Å²) < 4.78 is 41.8. The maximum Gasteiger partial charge on any atom is 0.433 e. The van der Waals surface area contributed by atoms with Crippen LogP contribution in [0.3, 0.4) is 0 Å². The quantitative estimate of drug-likeness (QED) is 0.587. The second-order valence-electron chi connectivity index (χ2n) is 7.68. The fourth-order valence-corrected chi connectivity index (χ4v) is 3.68. The molecule has 3 aromatic rings. The molecule has 170 valence electrons. The van der Waals surface area contributed by atoms with Crippen molar-refractivity contribution < 1.29 is 13.2 Å². The van der Waals surface area contributed by atoms with Gasteiger partial charge in [-0.05, 0) is 26.0 Å². The van der Waals surface area contributed by atoms with Gasteiger partial charge in [-0.25, -0.2) is 19.3 Å². The van der Waals surface area contributed by atoms with Crippen molar-refractivity contribution in [3.8, 4) is 5.82 Å². The molecule has 4 heterocycles. The maximum atomic E-state index is 12.9. The van der Waals surface area contributed by atoms with Crippen molar-refractivity contribution >= 4 is 5.82 Å². The zero-order valence-corrected chi connectivity index (χ0v) is 17.7. The number of piperazine rings is 1. The van der Waals surface area contributed by atoms with Crippen molar-refractivity contribution in [1.29, 1.82) is 0 Å². The largest absolute Gasteiger partial charge is 0.433 e. The number of rotatable bonds is 5. The topological polar surface area (TPSA) is 85.0 Å². The molecule has 0 saturated carbocycles. The molecule has 0 aromatic carbocycles. The lowest BCUT2D eigenvalue weighted by atomic mass is 10.3. The Labute approximate surface area is 182 Å². The Morgan fingerprint density at radius 2 is 1.69 bits per heavy atom. The number of anilines is 1. The molecule has 12 heteroatoms. The van der Waals surface area contributed by atoms with Gasteiger partial charge in [0.2, 0.25) is 0 Å². The third-order valence-electron chi connectivity index (χ3n) is 5.35. The van der Waals surface area contributed by atoms with E-state index in [9.17, 15) is 18.0 Å². The molecule has 0 aliphatic carbocycles. The predicted octanol–water partition coefficient (Wildman–Crippen LogP) is 1.68. The highest BCUT2D eigenvalue weighted by Crippen LogP contribution is 2.29. The van der Waals surface area contributed by atoms with E-state index in [2.05, 4.69) is 25.1 Å². The van der Waals surface area contributed by atoms with Gasteiger partial charge in [-0.2, -0.15) is 18.3 Å². The Morgan fingerprint density at radius 3 is 2.34 bits per heavy atom. The predicted molar refractivity (Wildman–Crippen MR) is 111 cm³/mol. The van der Waals surface area contributed by atoms with E-state index in [1.165, 1.54) is 10.7 Å². The molecule has 1 saturated heterocycles. The van der Waals surface area contributed by atoms with Gasteiger partial charge < -0.3 is 4.90 Å². The molecular weight excluding hydrogens is 425 g/mol. The Kier molecular flexibility index (Phi) is 5.96. The van der Waals surface area contributed by atoms with E-state index in [4.69, 9.17) is 0 Å². The molecule has 0 spiro atoms. The number of aryl methyl sites for hydroxylation is 2. The Bertz CT molecular complexity index is 1150. The normalized spacial score (nSPS) is 15.3. The minimum Gasteiger partial charge on any atom is -0.354 e. The number of hydrogen-bond donors (Lipinski definition) is 0. The van der Waals surface area contributed by atoms with Crippen molar-refractivity contribution in [3.63, 3.8) is 0 Å². The highest BCUT2D eigenvalue weighted by Gasteiger charge is 2.33. The lowest BCUT2D eigenvalue weighted by Gasteiger charge is -2.35. The van der Waals surface area contributed by atoms with E-state index in [1.54, 1.807) is 15.6 Å². The summed E-state index contributed by atoms with van der Waals surface area (Å²) in [6, 6.07) is 6.04. The fraction of sp³-hybridized carbons (Fsp3) is 0.450. The average molecular weight is 448 g/mol. The number of hydrogen-bond acceptors (Lipinski definition) is 7. The zero-order valence-electron chi connectivity index (χ0n) is 17.7. The summed E-state index contributed by atoms with van der Waals surface area (Å²) >= 11 is 0. The molecule has 0 radical (unpaired) electrons. The SMILES string of the molecule is Cc1cc(C)n(-c2ccc(=O)n(CCN3CCN(c4cc(C(F)(F)F)ncn4)CC3)n2)n1. The first-order valence-electron chi connectivity index (χ1n) is 10.2. The van der Waals surface area contributed by atoms with Crippen LogP contribution in [0.25, 0.3) is 5.82 Å². The first-order valence-corrected chi connectivity index (χ1v) is 10.2. The van der Waals surface area contributed by atoms with Gasteiger partial charge in [-0.1, -0.05) is 0 Å². The molecule has 0 atom stereocenters. The monoisotopic (exact) mass is 448 g/mol. The lowest BCUT2D eigenvalue weighted by Crippen LogP contribution is -2.48. The lowest BCUT2D eigenvalue weighted by molar-refractivity contribution is -0.141. The van der Waals surface area contributed by atoms with E-state index in [1.807, 2.05) is 19.9 Å². The van der Waals surface area contributed by atoms with Crippen molar-refractivity contribution in [2.45, 2.75) is 26.6 Å². The summed E-state index contributed by atoms with van der Waals surface area (Å²) in [6.07, 6.45) is -3.56. The van der Waals surface area contributed by atoms with Crippen LogP contribution in [0, 0.1) is 13.8 Å². The number of halogens is 3. The van der Waals surface area contributed by atoms with Crippen LogP contribution in [-0.4, -0.2) is 67.2 Å². The summed E-state index contributed by atoms with van der Waals surface area (Å²) in [5, 5.41) is 8.84. The Hall–Kier alpha value is -3.28. The van der Waals surface area contributed by atoms with Crippen LogP contribution >= 0.6 is 0 Å². The Balaban J connectivity index is 1.37. The number of alkyl halides is 3. The van der Waals surface area contributed by atoms with Crippen molar-refractivity contribution in [2.24, 2.45) is 0 Å². The van der Waals surface area contributed by atoms with Crippen LogP contribution in [0.2, 0.25) is 0 Å². The van der Waals surface area contributed by atoms with Crippen LogP contribution in [0.5, 0.6) is 0 Å². The molecule has 3 aromatic heterocycles. The smallest absolute Gasteiger partial charge is 0.354 e. The third kappa shape index (κ3) is 4.79. The molecule has 32 heavy (non-hydrogen) atoms.